The molecule has 1 saturated heterocycles. The molecule has 0 spiro atoms. The number of hydrogen-bond acceptors (Lipinski definition) is 5. The van der Waals surface area contributed by atoms with E-state index in [1.165, 1.54) is 0 Å². The van der Waals surface area contributed by atoms with Gasteiger partial charge in [0.25, 0.3) is 5.91 Å². The van der Waals surface area contributed by atoms with Crippen LogP contribution in [0.2, 0.25) is 0 Å². The maximum atomic E-state index is 12.8. The minimum atomic E-state index is 0.0976. The van der Waals surface area contributed by atoms with Gasteiger partial charge in [-0.05, 0) is 42.8 Å². The number of para-hydroxylation sites is 1. The first-order valence-electron chi connectivity index (χ1n) is 9.74. The molecule has 6 heteroatoms. The van der Waals surface area contributed by atoms with E-state index in [4.69, 9.17) is 4.74 Å². The third-order valence-electron chi connectivity index (χ3n) is 5.30. The fourth-order valence-corrected chi connectivity index (χ4v) is 3.62. The molecule has 0 N–H and O–H groups in total. The molecule has 0 saturated carbocycles. The monoisotopic (exact) mass is 388 g/mol. The Morgan fingerprint density at radius 2 is 1.62 bits per heavy atom. The quantitative estimate of drug-likeness (QED) is 0.685. The number of piperazine rings is 1. The number of aromatic nitrogens is 2. The summed E-state index contributed by atoms with van der Waals surface area (Å²) in [6.45, 7) is 4.79. The molecule has 1 fully saturated rings. The van der Waals surface area contributed by atoms with E-state index in [0.29, 0.717) is 13.1 Å². The maximum absolute atomic E-state index is 12.8. The van der Waals surface area contributed by atoms with E-state index in [-0.39, 0.29) is 5.91 Å². The Labute approximate surface area is 170 Å². The van der Waals surface area contributed by atoms with Gasteiger partial charge in [-0.3, -0.25) is 4.79 Å². The summed E-state index contributed by atoms with van der Waals surface area (Å²) >= 11 is 0. The smallest absolute Gasteiger partial charge is 0.254 e. The molecule has 0 atom stereocenters. The molecule has 0 radical (unpaired) electrons. The molecule has 6 nitrogen and oxygen atoms in total. The van der Waals surface area contributed by atoms with Crippen molar-refractivity contribution in [3.05, 3.63) is 71.8 Å². The number of methoxy groups -OCH3 is 1. The molecule has 148 valence electrons. The van der Waals surface area contributed by atoms with Gasteiger partial charge >= 0.3 is 0 Å². The van der Waals surface area contributed by atoms with Gasteiger partial charge < -0.3 is 14.5 Å². The van der Waals surface area contributed by atoms with Crippen LogP contribution in [0, 0.1) is 6.92 Å². The standard InChI is InChI=1S/C23H24N4O2/c1-17-7-3-4-8-18(17)23(28)27-15-13-26(14-16-27)22-12-11-20(24-25-22)19-9-5-6-10-21(19)29-2/h3-12H,13-16H2,1-2H3. The number of rotatable bonds is 4. The molecule has 0 bridgehead atoms. The fraction of sp³-hybridized carbons (Fsp3) is 0.261. The van der Waals surface area contributed by atoms with Crippen LogP contribution in [0.15, 0.2) is 60.7 Å². The Kier molecular flexibility index (Phi) is 5.42. The van der Waals surface area contributed by atoms with Gasteiger partial charge in [0, 0.05) is 37.3 Å². The molecule has 2 aromatic carbocycles. The van der Waals surface area contributed by atoms with Crippen molar-refractivity contribution < 1.29 is 9.53 Å². The van der Waals surface area contributed by atoms with Gasteiger partial charge in [0.1, 0.15) is 5.75 Å². The first kappa shape index (κ1) is 18.9. The molecular formula is C23H24N4O2. The van der Waals surface area contributed by atoms with E-state index >= 15 is 0 Å². The van der Waals surface area contributed by atoms with Crippen molar-refractivity contribution in [3.63, 3.8) is 0 Å². The van der Waals surface area contributed by atoms with Crippen LogP contribution in [0.5, 0.6) is 5.75 Å². The highest BCUT2D eigenvalue weighted by atomic mass is 16.5. The Balaban J connectivity index is 1.43. The maximum Gasteiger partial charge on any atom is 0.254 e. The Morgan fingerprint density at radius 1 is 0.897 bits per heavy atom. The van der Waals surface area contributed by atoms with Crippen LogP contribution in [0.3, 0.4) is 0 Å². The van der Waals surface area contributed by atoms with E-state index in [1.54, 1.807) is 7.11 Å². The van der Waals surface area contributed by atoms with Gasteiger partial charge in [0.15, 0.2) is 5.82 Å². The summed E-state index contributed by atoms with van der Waals surface area (Å²) < 4.78 is 5.41. The van der Waals surface area contributed by atoms with Crippen LogP contribution in [0.1, 0.15) is 15.9 Å². The third-order valence-corrected chi connectivity index (χ3v) is 5.30. The van der Waals surface area contributed by atoms with E-state index in [9.17, 15) is 4.79 Å². The summed E-state index contributed by atoms with van der Waals surface area (Å²) in [5.74, 6) is 1.70. The number of carbonyl (C=O) groups is 1. The van der Waals surface area contributed by atoms with E-state index in [1.807, 2.05) is 72.5 Å². The van der Waals surface area contributed by atoms with Crippen molar-refractivity contribution in [2.24, 2.45) is 0 Å². The number of ether oxygens (including phenoxy) is 1. The highest BCUT2D eigenvalue weighted by Crippen LogP contribution is 2.28. The average Bonchev–Trinajstić information content (AvgIpc) is 2.79. The zero-order chi connectivity index (χ0) is 20.2. The number of nitrogens with zero attached hydrogens (tertiary/aromatic N) is 4. The van der Waals surface area contributed by atoms with Gasteiger partial charge in [-0.15, -0.1) is 10.2 Å². The van der Waals surface area contributed by atoms with E-state index in [2.05, 4.69) is 15.1 Å². The number of carbonyl (C=O) groups excluding carboxylic acids is 1. The van der Waals surface area contributed by atoms with Gasteiger partial charge in [-0.25, -0.2) is 0 Å². The number of hydrogen-bond donors (Lipinski definition) is 0. The normalized spacial score (nSPS) is 14.0. The fourth-order valence-electron chi connectivity index (χ4n) is 3.62. The molecule has 1 amide bonds. The van der Waals surface area contributed by atoms with Crippen molar-refractivity contribution in [1.29, 1.82) is 0 Å². The number of aryl methyl sites for hydroxylation is 1. The van der Waals surface area contributed by atoms with Crippen molar-refractivity contribution in [2.75, 3.05) is 38.2 Å². The predicted octanol–water partition coefficient (Wildman–Crippen LogP) is 3.42. The molecule has 1 aromatic heterocycles. The molecule has 3 aromatic rings. The molecule has 0 aliphatic carbocycles. The van der Waals surface area contributed by atoms with E-state index < -0.39 is 0 Å². The van der Waals surface area contributed by atoms with Gasteiger partial charge in [-0.2, -0.15) is 0 Å². The first-order valence-corrected chi connectivity index (χ1v) is 9.74. The lowest BCUT2D eigenvalue weighted by molar-refractivity contribution is 0.0745. The minimum Gasteiger partial charge on any atom is -0.496 e. The van der Waals surface area contributed by atoms with Crippen molar-refractivity contribution >= 4 is 11.7 Å². The highest BCUT2D eigenvalue weighted by molar-refractivity contribution is 5.95. The lowest BCUT2D eigenvalue weighted by atomic mass is 10.1. The van der Waals surface area contributed by atoms with Crippen LogP contribution >= 0.6 is 0 Å². The third kappa shape index (κ3) is 3.92. The first-order chi connectivity index (χ1) is 14.2. The molecule has 1 aliphatic rings. The SMILES string of the molecule is COc1ccccc1-c1ccc(N2CCN(C(=O)c3ccccc3C)CC2)nn1. The summed E-state index contributed by atoms with van der Waals surface area (Å²) in [5, 5.41) is 8.81. The van der Waals surface area contributed by atoms with Crippen molar-refractivity contribution in [2.45, 2.75) is 6.92 Å². The Bertz CT molecular complexity index is 996. The van der Waals surface area contributed by atoms with Crippen molar-refractivity contribution in [3.8, 4) is 17.0 Å². The number of benzene rings is 2. The summed E-state index contributed by atoms with van der Waals surface area (Å²) in [6.07, 6.45) is 0. The average molecular weight is 388 g/mol. The van der Waals surface area contributed by atoms with E-state index in [0.717, 1.165) is 47.0 Å². The molecule has 4 rings (SSSR count). The van der Waals surface area contributed by atoms with Crippen LogP contribution in [-0.4, -0.2) is 54.3 Å². The second-order valence-corrected chi connectivity index (χ2v) is 7.07. The minimum absolute atomic E-state index is 0.0976. The molecule has 29 heavy (non-hydrogen) atoms. The highest BCUT2D eigenvalue weighted by Gasteiger charge is 2.24. The summed E-state index contributed by atoms with van der Waals surface area (Å²) in [6, 6.07) is 19.5. The molecular weight excluding hydrogens is 364 g/mol. The molecule has 0 unspecified atom stereocenters. The zero-order valence-corrected chi connectivity index (χ0v) is 16.7. The molecule has 1 aliphatic heterocycles. The Hall–Kier alpha value is -3.41. The Morgan fingerprint density at radius 3 is 2.31 bits per heavy atom. The van der Waals surface area contributed by atoms with Crippen LogP contribution < -0.4 is 9.64 Å². The summed E-state index contributed by atoms with van der Waals surface area (Å²) in [4.78, 5) is 16.9. The van der Waals surface area contributed by atoms with Crippen LogP contribution in [0.25, 0.3) is 11.3 Å². The summed E-state index contributed by atoms with van der Waals surface area (Å²) in [5.41, 5.74) is 3.49. The van der Waals surface area contributed by atoms with Gasteiger partial charge in [0.2, 0.25) is 0 Å². The summed E-state index contributed by atoms with van der Waals surface area (Å²) in [7, 11) is 1.65. The van der Waals surface area contributed by atoms with Crippen LogP contribution in [-0.2, 0) is 0 Å². The number of amides is 1. The second-order valence-electron chi connectivity index (χ2n) is 7.07. The largest absolute Gasteiger partial charge is 0.496 e. The van der Waals surface area contributed by atoms with Gasteiger partial charge in [-0.1, -0.05) is 30.3 Å². The number of anilines is 1. The van der Waals surface area contributed by atoms with Gasteiger partial charge in [0.05, 0.1) is 12.8 Å². The lowest BCUT2D eigenvalue weighted by Gasteiger charge is -2.35. The lowest BCUT2D eigenvalue weighted by Crippen LogP contribution is -2.49. The zero-order valence-electron chi connectivity index (χ0n) is 16.7. The van der Waals surface area contributed by atoms with Crippen molar-refractivity contribution in [1.82, 2.24) is 15.1 Å². The molecule has 2 heterocycles. The van der Waals surface area contributed by atoms with Crippen LogP contribution in [0.4, 0.5) is 5.82 Å². The topological polar surface area (TPSA) is 58.6 Å². The second kappa shape index (κ2) is 8.31. The predicted molar refractivity (Wildman–Crippen MR) is 113 cm³/mol.